The van der Waals surface area contributed by atoms with Crippen LogP contribution in [0.1, 0.15) is 28.4 Å². The first kappa shape index (κ1) is 16.9. The lowest BCUT2D eigenvalue weighted by molar-refractivity contribution is 0.0523. The number of esters is 1. The van der Waals surface area contributed by atoms with Crippen molar-refractivity contribution in [3.63, 3.8) is 0 Å². The van der Waals surface area contributed by atoms with Gasteiger partial charge in [-0.25, -0.2) is 9.18 Å². The zero-order chi connectivity index (χ0) is 17.8. The molecule has 0 amide bonds. The molecule has 0 spiro atoms. The molecule has 128 valence electrons. The second kappa shape index (κ2) is 7.30. The number of rotatable bonds is 5. The van der Waals surface area contributed by atoms with Crippen LogP contribution in [0.25, 0.3) is 10.9 Å². The van der Waals surface area contributed by atoms with Gasteiger partial charge in [0.2, 0.25) is 0 Å². The average Bonchev–Trinajstić information content (AvgIpc) is 2.62. The summed E-state index contributed by atoms with van der Waals surface area (Å²) in [5.74, 6) is -0.278. The molecular weight excluding hydrogens is 321 g/mol. The Kier molecular flexibility index (Phi) is 4.93. The number of hydrogen-bond acceptors (Lipinski definition) is 4. The third-order valence-electron chi connectivity index (χ3n) is 3.88. The van der Waals surface area contributed by atoms with Gasteiger partial charge in [-0.2, -0.15) is 0 Å². The number of carbonyl (C=O) groups is 1. The Labute approximate surface area is 145 Å². The van der Waals surface area contributed by atoms with Gasteiger partial charge in [0.15, 0.2) is 5.75 Å². The fourth-order valence-electron chi connectivity index (χ4n) is 2.73. The van der Waals surface area contributed by atoms with E-state index in [1.54, 1.807) is 31.3 Å². The van der Waals surface area contributed by atoms with Crippen molar-refractivity contribution in [2.24, 2.45) is 0 Å². The number of fused-ring (bicyclic) bond motifs is 1. The lowest BCUT2D eigenvalue weighted by Crippen LogP contribution is -2.07. The molecule has 0 N–H and O–H groups in total. The number of halogens is 1. The Balaban J connectivity index is 1.97. The van der Waals surface area contributed by atoms with Gasteiger partial charge in [-0.3, -0.25) is 4.98 Å². The van der Waals surface area contributed by atoms with E-state index in [0.29, 0.717) is 29.9 Å². The van der Waals surface area contributed by atoms with E-state index in [1.807, 2.05) is 12.1 Å². The highest BCUT2D eigenvalue weighted by atomic mass is 19.1. The number of carbonyl (C=O) groups excluding carboxylic acids is 1. The van der Waals surface area contributed by atoms with Crippen LogP contribution in [-0.4, -0.2) is 24.7 Å². The van der Waals surface area contributed by atoms with E-state index in [9.17, 15) is 9.18 Å². The molecule has 2 aromatic carbocycles. The molecule has 0 saturated heterocycles. The number of aromatic nitrogens is 1. The molecule has 1 aromatic heterocycles. The molecule has 0 bridgehead atoms. The van der Waals surface area contributed by atoms with Gasteiger partial charge in [-0.1, -0.05) is 18.2 Å². The average molecular weight is 339 g/mol. The maximum Gasteiger partial charge on any atom is 0.341 e. The highest BCUT2D eigenvalue weighted by Crippen LogP contribution is 2.29. The summed E-state index contributed by atoms with van der Waals surface area (Å²) in [4.78, 5) is 16.5. The van der Waals surface area contributed by atoms with Gasteiger partial charge >= 0.3 is 5.97 Å². The normalized spacial score (nSPS) is 10.7. The van der Waals surface area contributed by atoms with Crippen molar-refractivity contribution in [3.05, 3.63) is 71.2 Å². The van der Waals surface area contributed by atoms with E-state index in [1.165, 1.54) is 19.2 Å². The summed E-state index contributed by atoms with van der Waals surface area (Å²) < 4.78 is 23.5. The fraction of sp³-hybridized carbons (Fsp3) is 0.200. The van der Waals surface area contributed by atoms with E-state index >= 15 is 0 Å². The molecule has 0 fully saturated rings. The highest BCUT2D eigenvalue weighted by Gasteiger charge is 2.17. The van der Waals surface area contributed by atoms with Gasteiger partial charge in [0.05, 0.1) is 13.7 Å². The Morgan fingerprint density at radius 2 is 1.88 bits per heavy atom. The topological polar surface area (TPSA) is 48.4 Å². The van der Waals surface area contributed by atoms with Crippen molar-refractivity contribution in [2.75, 3.05) is 13.7 Å². The molecule has 0 aliphatic heterocycles. The van der Waals surface area contributed by atoms with Crippen LogP contribution in [0.3, 0.4) is 0 Å². The van der Waals surface area contributed by atoms with Crippen molar-refractivity contribution in [1.29, 1.82) is 0 Å². The third kappa shape index (κ3) is 3.60. The Morgan fingerprint density at radius 1 is 1.12 bits per heavy atom. The van der Waals surface area contributed by atoms with E-state index in [2.05, 4.69) is 4.98 Å². The zero-order valence-electron chi connectivity index (χ0n) is 14.1. The van der Waals surface area contributed by atoms with Gasteiger partial charge in [0, 0.05) is 11.6 Å². The van der Waals surface area contributed by atoms with Crippen LogP contribution in [0.15, 0.2) is 48.7 Å². The van der Waals surface area contributed by atoms with Crippen molar-refractivity contribution in [1.82, 2.24) is 4.98 Å². The van der Waals surface area contributed by atoms with Crippen molar-refractivity contribution < 1.29 is 18.7 Å². The minimum atomic E-state index is -0.432. The van der Waals surface area contributed by atoms with Gasteiger partial charge in [-0.15, -0.1) is 0 Å². The Morgan fingerprint density at radius 3 is 2.56 bits per heavy atom. The first-order valence-corrected chi connectivity index (χ1v) is 7.99. The predicted molar refractivity (Wildman–Crippen MR) is 93.5 cm³/mol. The summed E-state index contributed by atoms with van der Waals surface area (Å²) in [6.07, 6.45) is 2.38. The summed E-state index contributed by atoms with van der Waals surface area (Å²) in [6.45, 7) is 2.05. The summed E-state index contributed by atoms with van der Waals surface area (Å²) >= 11 is 0. The van der Waals surface area contributed by atoms with Gasteiger partial charge in [0.1, 0.15) is 16.9 Å². The second-order valence-corrected chi connectivity index (χ2v) is 5.59. The SMILES string of the molecule is CCOC(=O)c1ccc2cc(Cc3ccc(F)cc3)cnc2c1OC. The molecular formula is C20H18FNO3. The van der Waals surface area contributed by atoms with Crippen LogP contribution in [-0.2, 0) is 11.2 Å². The number of benzene rings is 2. The predicted octanol–water partition coefficient (Wildman–Crippen LogP) is 4.15. The van der Waals surface area contributed by atoms with E-state index < -0.39 is 5.97 Å². The summed E-state index contributed by atoms with van der Waals surface area (Å²) in [7, 11) is 1.51. The number of nitrogens with zero attached hydrogens (tertiary/aromatic N) is 1. The monoisotopic (exact) mass is 339 g/mol. The number of hydrogen-bond donors (Lipinski definition) is 0. The zero-order valence-corrected chi connectivity index (χ0v) is 14.1. The molecule has 0 saturated carbocycles. The van der Waals surface area contributed by atoms with E-state index in [4.69, 9.17) is 9.47 Å². The molecule has 0 radical (unpaired) electrons. The van der Waals surface area contributed by atoms with E-state index in [-0.39, 0.29) is 5.82 Å². The third-order valence-corrected chi connectivity index (χ3v) is 3.88. The lowest BCUT2D eigenvalue weighted by Gasteiger charge is -2.11. The van der Waals surface area contributed by atoms with Gasteiger partial charge in [-0.05, 0) is 48.7 Å². The van der Waals surface area contributed by atoms with Crippen LogP contribution < -0.4 is 4.74 Å². The molecule has 25 heavy (non-hydrogen) atoms. The van der Waals surface area contributed by atoms with E-state index in [0.717, 1.165) is 16.5 Å². The molecule has 0 unspecified atom stereocenters. The van der Waals surface area contributed by atoms with Crippen molar-refractivity contribution in [3.8, 4) is 5.75 Å². The van der Waals surface area contributed by atoms with Crippen LogP contribution >= 0.6 is 0 Å². The Bertz CT molecular complexity index is 907. The Hall–Kier alpha value is -2.95. The molecule has 3 aromatic rings. The fourth-order valence-corrected chi connectivity index (χ4v) is 2.73. The van der Waals surface area contributed by atoms with Crippen LogP contribution in [0.4, 0.5) is 4.39 Å². The maximum atomic E-state index is 13.0. The first-order valence-electron chi connectivity index (χ1n) is 7.99. The number of pyridine rings is 1. The molecule has 5 heteroatoms. The van der Waals surface area contributed by atoms with Crippen molar-refractivity contribution in [2.45, 2.75) is 13.3 Å². The quantitative estimate of drug-likeness (QED) is 0.655. The molecule has 3 rings (SSSR count). The molecule has 4 nitrogen and oxygen atoms in total. The standard InChI is InChI=1S/C20H18FNO3/c1-3-25-20(23)17-9-6-15-11-14(12-22-18(15)19(17)24-2)10-13-4-7-16(21)8-5-13/h4-9,11-12H,3,10H2,1-2H3. The van der Waals surface area contributed by atoms with Crippen LogP contribution in [0.2, 0.25) is 0 Å². The summed E-state index contributed by atoms with van der Waals surface area (Å²) in [5, 5.41) is 0.865. The largest absolute Gasteiger partial charge is 0.494 e. The van der Waals surface area contributed by atoms with Gasteiger partial charge in [0.25, 0.3) is 0 Å². The lowest BCUT2D eigenvalue weighted by atomic mass is 10.0. The number of methoxy groups -OCH3 is 1. The molecule has 0 atom stereocenters. The minimum absolute atomic E-state index is 0.253. The smallest absolute Gasteiger partial charge is 0.341 e. The minimum Gasteiger partial charge on any atom is -0.494 e. The number of ether oxygens (including phenoxy) is 2. The molecule has 1 heterocycles. The molecule has 0 aliphatic carbocycles. The maximum absolute atomic E-state index is 13.0. The second-order valence-electron chi connectivity index (χ2n) is 5.59. The van der Waals surface area contributed by atoms with Gasteiger partial charge < -0.3 is 9.47 Å². The van der Waals surface area contributed by atoms with Crippen molar-refractivity contribution >= 4 is 16.9 Å². The molecule has 0 aliphatic rings. The highest BCUT2D eigenvalue weighted by molar-refractivity contribution is 6.00. The summed E-state index contributed by atoms with van der Waals surface area (Å²) in [6, 6.07) is 11.9. The summed E-state index contributed by atoms with van der Waals surface area (Å²) in [5.41, 5.74) is 2.95. The van der Waals surface area contributed by atoms with Crippen LogP contribution in [0, 0.1) is 5.82 Å². The first-order chi connectivity index (χ1) is 12.1. The van der Waals surface area contributed by atoms with Crippen LogP contribution in [0.5, 0.6) is 5.75 Å².